The smallest absolute Gasteiger partial charge is 0.255 e. The molecular formula is C40H52N6O4. The van der Waals surface area contributed by atoms with Gasteiger partial charge in [0.1, 0.15) is 17.0 Å². The molecule has 0 bridgehead atoms. The van der Waals surface area contributed by atoms with Crippen LogP contribution in [0.25, 0.3) is 27.8 Å². The first kappa shape index (κ1) is 33.3. The van der Waals surface area contributed by atoms with Gasteiger partial charge in [-0.2, -0.15) is 5.10 Å². The number of rotatable bonds is 7. The predicted molar refractivity (Wildman–Crippen MR) is 194 cm³/mol. The van der Waals surface area contributed by atoms with Crippen molar-refractivity contribution in [2.75, 3.05) is 33.3 Å². The minimum atomic E-state index is -0.247. The van der Waals surface area contributed by atoms with Crippen LogP contribution in [0.4, 0.5) is 0 Å². The number of amides is 2. The first-order valence-corrected chi connectivity index (χ1v) is 18.9. The Balaban J connectivity index is 1.12. The Labute approximate surface area is 294 Å². The maximum Gasteiger partial charge on any atom is 0.255 e. The Kier molecular flexibility index (Phi) is 8.88. The van der Waals surface area contributed by atoms with Crippen molar-refractivity contribution in [1.82, 2.24) is 24.0 Å². The zero-order valence-corrected chi connectivity index (χ0v) is 29.8. The van der Waals surface area contributed by atoms with Gasteiger partial charge in [0.05, 0.1) is 30.0 Å². The molecule has 2 amide bonds. The number of piperidine rings is 2. The molecule has 2 atom stereocenters. The molecule has 10 nitrogen and oxygen atoms in total. The first-order valence-electron chi connectivity index (χ1n) is 18.9. The second-order valence-electron chi connectivity index (χ2n) is 15.8. The molecular weight excluding hydrogens is 628 g/mol. The van der Waals surface area contributed by atoms with Crippen molar-refractivity contribution in [2.45, 2.75) is 96.2 Å². The van der Waals surface area contributed by atoms with Gasteiger partial charge in [-0.15, -0.1) is 0 Å². The second kappa shape index (κ2) is 13.3. The molecule has 4 fully saturated rings. The fraction of sp³-hybridized carbons (Fsp3) is 0.575. The molecule has 1 aromatic carbocycles. The minimum absolute atomic E-state index is 0.0161. The molecule has 5 heterocycles. The van der Waals surface area contributed by atoms with Gasteiger partial charge in [-0.3, -0.25) is 9.59 Å². The van der Waals surface area contributed by atoms with E-state index in [4.69, 9.17) is 15.6 Å². The Morgan fingerprint density at radius 2 is 1.74 bits per heavy atom. The maximum absolute atomic E-state index is 13.7. The van der Waals surface area contributed by atoms with E-state index >= 15 is 0 Å². The molecule has 0 unspecified atom stereocenters. The molecule has 2 saturated heterocycles. The molecule has 8 rings (SSSR count). The van der Waals surface area contributed by atoms with E-state index < -0.39 is 0 Å². The number of aryl methyl sites for hydroxylation is 1. The van der Waals surface area contributed by atoms with Crippen LogP contribution in [0.5, 0.6) is 5.75 Å². The van der Waals surface area contributed by atoms with E-state index in [1.807, 2.05) is 21.7 Å². The zero-order valence-electron chi connectivity index (χ0n) is 29.8. The van der Waals surface area contributed by atoms with Crippen LogP contribution < -0.4 is 10.5 Å². The van der Waals surface area contributed by atoms with E-state index in [0.29, 0.717) is 42.2 Å². The SMILES string of the molecule is COc1cc(C(=O)N2C[C@H](C)C[C@@H](N)C2)cn2nc(-c3cc4cccc(C5CCN(C(=O)C6CCC(O)CC6)CC5)c4n3CC3CC3)c(C)c12. The molecule has 50 heavy (non-hydrogen) atoms. The monoisotopic (exact) mass is 680 g/mol. The molecule has 266 valence electrons. The number of nitrogens with two attached hydrogens (primary N) is 1. The van der Waals surface area contributed by atoms with Crippen LogP contribution in [0.2, 0.25) is 0 Å². The van der Waals surface area contributed by atoms with Crippen LogP contribution in [0, 0.1) is 24.7 Å². The zero-order chi connectivity index (χ0) is 34.7. The average molecular weight is 681 g/mol. The second-order valence-corrected chi connectivity index (χ2v) is 15.8. The van der Waals surface area contributed by atoms with Crippen molar-refractivity contribution < 1.29 is 19.4 Å². The molecule has 2 aliphatic carbocycles. The van der Waals surface area contributed by atoms with Crippen LogP contribution in [0.15, 0.2) is 36.5 Å². The van der Waals surface area contributed by atoms with Crippen LogP contribution >= 0.6 is 0 Å². The normalized spacial score (nSPS) is 25.1. The number of hydrogen-bond donors (Lipinski definition) is 2. The number of ether oxygens (including phenoxy) is 1. The lowest BCUT2D eigenvalue weighted by molar-refractivity contribution is -0.138. The summed E-state index contributed by atoms with van der Waals surface area (Å²) in [5.41, 5.74) is 13.4. The molecule has 0 spiro atoms. The topological polar surface area (TPSA) is 118 Å². The number of carbonyl (C=O) groups is 2. The molecule has 10 heteroatoms. The summed E-state index contributed by atoms with van der Waals surface area (Å²) in [5, 5.41) is 16.3. The Bertz CT molecular complexity index is 1900. The van der Waals surface area contributed by atoms with Gasteiger partial charge in [0.2, 0.25) is 5.91 Å². The molecule has 3 N–H and O–H groups in total. The number of carbonyl (C=O) groups excluding carboxylic acids is 2. The van der Waals surface area contributed by atoms with E-state index in [-0.39, 0.29) is 29.9 Å². The Hall–Kier alpha value is -3.89. The summed E-state index contributed by atoms with van der Waals surface area (Å²) in [6.45, 7) is 8.01. The largest absolute Gasteiger partial charge is 0.494 e. The van der Waals surface area contributed by atoms with E-state index in [9.17, 15) is 14.7 Å². The van der Waals surface area contributed by atoms with Crippen LogP contribution in [-0.4, -0.2) is 86.3 Å². The lowest BCUT2D eigenvalue weighted by Crippen LogP contribution is -2.48. The summed E-state index contributed by atoms with van der Waals surface area (Å²) >= 11 is 0. The third-order valence-electron chi connectivity index (χ3n) is 12.0. The van der Waals surface area contributed by atoms with E-state index in [1.54, 1.807) is 7.11 Å². The molecule has 0 radical (unpaired) electrons. The summed E-state index contributed by atoms with van der Waals surface area (Å²) in [5.74, 6) is 2.32. The number of aromatic nitrogens is 3. The Morgan fingerprint density at radius 3 is 2.44 bits per heavy atom. The summed E-state index contributed by atoms with van der Waals surface area (Å²) < 4.78 is 10.3. The van der Waals surface area contributed by atoms with Crippen molar-refractivity contribution in [3.05, 3.63) is 53.2 Å². The lowest BCUT2D eigenvalue weighted by Gasteiger charge is -2.36. The van der Waals surface area contributed by atoms with Gasteiger partial charge in [-0.05, 0) is 100 Å². The van der Waals surface area contributed by atoms with Gasteiger partial charge in [-0.1, -0.05) is 25.1 Å². The number of hydrogen-bond acceptors (Lipinski definition) is 6. The van der Waals surface area contributed by atoms with E-state index in [2.05, 4.69) is 47.6 Å². The molecule has 3 aromatic heterocycles. The number of aliphatic hydroxyl groups excluding tert-OH is 1. The van der Waals surface area contributed by atoms with Gasteiger partial charge in [-0.25, -0.2) is 4.52 Å². The summed E-state index contributed by atoms with van der Waals surface area (Å²) in [7, 11) is 1.66. The third-order valence-corrected chi connectivity index (χ3v) is 12.0. The predicted octanol–water partition coefficient (Wildman–Crippen LogP) is 5.75. The van der Waals surface area contributed by atoms with E-state index in [1.165, 1.54) is 29.3 Å². The summed E-state index contributed by atoms with van der Waals surface area (Å²) in [4.78, 5) is 31.1. The fourth-order valence-electron chi connectivity index (χ4n) is 9.17. The highest BCUT2D eigenvalue weighted by Gasteiger charge is 2.34. The highest BCUT2D eigenvalue weighted by Crippen LogP contribution is 2.42. The number of methoxy groups -OCH3 is 1. The molecule has 2 saturated carbocycles. The maximum atomic E-state index is 13.7. The number of aliphatic hydroxyl groups is 1. The molecule has 4 aromatic rings. The quantitative estimate of drug-likeness (QED) is 0.257. The molecule has 4 aliphatic rings. The number of para-hydroxylation sites is 1. The summed E-state index contributed by atoms with van der Waals surface area (Å²) in [6.07, 6.45) is 9.98. The van der Waals surface area contributed by atoms with Crippen molar-refractivity contribution in [2.24, 2.45) is 23.5 Å². The lowest BCUT2D eigenvalue weighted by atomic mass is 9.84. The number of pyridine rings is 1. The highest BCUT2D eigenvalue weighted by molar-refractivity contribution is 5.96. The third kappa shape index (κ3) is 6.19. The minimum Gasteiger partial charge on any atom is -0.494 e. The molecule has 2 aliphatic heterocycles. The number of benzene rings is 1. The van der Waals surface area contributed by atoms with Crippen molar-refractivity contribution in [3.63, 3.8) is 0 Å². The number of nitrogens with zero attached hydrogens (tertiary/aromatic N) is 5. The average Bonchev–Trinajstić information content (AvgIpc) is 3.78. The van der Waals surface area contributed by atoms with Crippen molar-refractivity contribution in [1.29, 1.82) is 0 Å². The fourth-order valence-corrected chi connectivity index (χ4v) is 9.17. The first-order chi connectivity index (χ1) is 24.2. The standard InChI is InChI=1S/C40H52N6O4/c1-24-17-31(41)23-44(20-24)40(49)30-19-35(50-3)37-25(2)36(42-46(37)22-30)34-18-29-5-4-6-33(38(29)45(34)21-26-7-8-26)27-13-15-43(16-14-27)39(48)28-9-11-32(47)12-10-28/h4-6,18-19,22,24,26-28,31-32,47H,7-17,20-21,23,41H2,1-3H3/t24-,28?,31-,32?/m1/s1. The summed E-state index contributed by atoms with van der Waals surface area (Å²) in [6, 6.07) is 10.8. The van der Waals surface area contributed by atoms with Gasteiger partial charge in [0, 0.05) is 61.8 Å². The number of likely N-dealkylation sites (tertiary alicyclic amines) is 2. The van der Waals surface area contributed by atoms with Gasteiger partial charge >= 0.3 is 0 Å². The van der Waals surface area contributed by atoms with Crippen LogP contribution in [0.1, 0.15) is 92.1 Å². The van der Waals surface area contributed by atoms with E-state index in [0.717, 1.165) is 87.0 Å². The Morgan fingerprint density at radius 1 is 0.980 bits per heavy atom. The number of fused-ring (bicyclic) bond motifs is 2. The highest BCUT2D eigenvalue weighted by atomic mass is 16.5. The van der Waals surface area contributed by atoms with Crippen molar-refractivity contribution >= 4 is 28.2 Å². The van der Waals surface area contributed by atoms with Crippen LogP contribution in [-0.2, 0) is 11.3 Å². The van der Waals surface area contributed by atoms with Gasteiger partial charge < -0.3 is 29.9 Å². The van der Waals surface area contributed by atoms with Gasteiger partial charge in [0.15, 0.2) is 0 Å². The van der Waals surface area contributed by atoms with Crippen molar-refractivity contribution in [3.8, 4) is 17.1 Å². The van der Waals surface area contributed by atoms with Crippen LogP contribution in [0.3, 0.4) is 0 Å². The van der Waals surface area contributed by atoms with Gasteiger partial charge in [0.25, 0.3) is 5.91 Å².